The number of carbonyl (C=O) groups excluding carboxylic acids is 1. The van der Waals surface area contributed by atoms with Gasteiger partial charge in [-0.2, -0.15) is 20.3 Å². The van der Waals surface area contributed by atoms with Gasteiger partial charge in [0.1, 0.15) is 0 Å². The number of nitrogens with zero attached hydrogens (tertiary/aromatic N) is 6. The summed E-state index contributed by atoms with van der Waals surface area (Å²) in [6, 6.07) is 12.6. The van der Waals surface area contributed by atoms with E-state index in [2.05, 4.69) is 36.2 Å². The number of azo groups is 1. The summed E-state index contributed by atoms with van der Waals surface area (Å²) < 4.78 is 0.922. The van der Waals surface area contributed by atoms with E-state index in [-0.39, 0.29) is 11.6 Å². The van der Waals surface area contributed by atoms with Gasteiger partial charge in [0, 0.05) is 27.5 Å². The minimum atomic E-state index is -0.821. The fourth-order valence-corrected chi connectivity index (χ4v) is 3.78. The zero-order valence-corrected chi connectivity index (χ0v) is 17.9. The van der Waals surface area contributed by atoms with Crippen LogP contribution in [0.2, 0.25) is 0 Å². The van der Waals surface area contributed by atoms with E-state index >= 15 is 0 Å². The Kier molecular flexibility index (Phi) is 5.46. The maximum atomic E-state index is 12.8. The molecule has 1 aliphatic rings. The molecule has 1 aliphatic heterocycles. The molecular formula is C19H13BrN6O3S. The zero-order valence-electron chi connectivity index (χ0n) is 15.5. The molecule has 9 nitrogen and oxygen atoms in total. The average Bonchev–Trinajstić information content (AvgIpc) is 3.33. The molecule has 150 valence electrons. The molecule has 0 bridgehead atoms. The predicted molar refractivity (Wildman–Crippen MR) is 117 cm³/mol. The molecule has 0 N–H and O–H groups in total. The molecule has 2 aromatic carbocycles. The number of nitro groups is 1. The van der Waals surface area contributed by atoms with Crippen LogP contribution in [0.5, 0.6) is 0 Å². The summed E-state index contributed by atoms with van der Waals surface area (Å²) in [6.07, 6.45) is 0. The lowest BCUT2D eigenvalue weighted by Crippen LogP contribution is -2.29. The molecule has 0 fully saturated rings. The van der Waals surface area contributed by atoms with Crippen molar-refractivity contribution in [2.45, 2.75) is 13.0 Å². The predicted octanol–water partition coefficient (Wildman–Crippen LogP) is 5.36. The molecule has 0 saturated heterocycles. The first-order valence-corrected chi connectivity index (χ1v) is 10.4. The van der Waals surface area contributed by atoms with E-state index in [1.54, 1.807) is 36.6 Å². The second kappa shape index (κ2) is 8.20. The van der Waals surface area contributed by atoms with Crippen molar-refractivity contribution >= 4 is 55.4 Å². The molecule has 1 aromatic heterocycles. The first-order chi connectivity index (χ1) is 14.4. The van der Waals surface area contributed by atoms with Gasteiger partial charge in [-0.1, -0.05) is 28.1 Å². The average molecular weight is 485 g/mol. The molecule has 0 saturated carbocycles. The Hall–Kier alpha value is -3.31. The van der Waals surface area contributed by atoms with E-state index in [9.17, 15) is 14.9 Å². The van der Waals surface area contributed by atoms with Crippen LogP contribution in [0.3, 0.4) is 0 Å². The van der Waals surface area contributed by atoms with Crippen molar-refractivity contribution in [3.63, 3.8) is 0 Å². The van der Waals surface area contributed by atoms with Gasteiger partial charge in [-0.15, -0.1) is 11.3 Å². The molecule has 0 spiro atoms. The monoisotopic (exact) mass is 484 g/mol. The van der Waals surface area contributed by atoms with Gasteiger partial charge in [0.25, 0.3) is 11.6 Å². The van der Waals surface area contributed by atoms with Gasteiger partial charge in [-0.05, 0) is 31.2 Å². The number of rotatable bonds is 5. The molecule has 1 atom stereocenters. The lowest BCUT2D eigenvalue weighted by Gasteiger charge is -2.08. The van der Waals surface area contributed by atoms with Crippen molar-refractivity contribution in [1.29, 1.82) is 0 Å². The van der Waals surface area contributed by atoms with Crippen molar-refractivity contribution in [3.8, 4) is 11.3 Å². The molecule has 3 aromatic rings. The molecule has 0 radical (unpaired) electrons. The van der Waals surface area contributed by atoms with Crippen molar-refractivity contribution in [2.75, 3.05) is 5.01 Å². The summed E-state index contributed by atoms with van der Waals surface area (Å²) in [6.45, 7) is 1.71. The van der Waals surface area contributed by atoms with E-state index in [0.717, 1.165) is 4.47 Å². The fourth-order valence-electron chi connectivity index (χ4n) is 2.73. The number of hydrazone groups is 1. The third kappa shape index (κ3) is 4.02. The molecular weight excluding hydrogens is 472 g/mol. The van der Waals surface area contributed by atoms with Gasteiger partial charge in [0.05, 0.1) is 22.0 Å². The number of thiazole rings is 1. The fraction of sp³-hybridized carbons (Fsp3) is 0.105. The highest BCUT2D eigenvalue weighted by Crippen LogP contribution is 2.32. The summed E-state index contributed by atoms with van der Waals surface area (Å²) in [5.41, 5.74) is 2.22. The van der Waals surface area contributed by atoms with E-state index in [0.29, 0.717) is 27.8 Å². The number of anilines is 1. The zero-order chi connectivity index (χ0) is 21.3. The Bertz CT molecular complexity index is 1190. The van der Waals surface area contributed by atoms with Gasteiger partial charge < -0.3 is 0 Å². The molecule has 1 amide bonds. The first kappa shape index (κ1) is 20.0. The number of benzene rings is 2. The van der Waals surface area contributed by atoms with Crippen LogP contribution in [0.25, 0.3) is 11.3 Å². The van der Waals surface area contributed by atoms with Crippen LogP contribution >= 0.6 is 27.3 Å². The van der Waals surface area contributed by atoms with Crippen LogP contribution in [0.15, 0.2) is 73.7 Å². The third-order valence-corrected chi connectivity index (χ3v) is 5.58. The van der Waals surface area contributed by atoms with Crippen LogP contribution in [0, 0.1) is 10.1 Å². The van der Waals surface area contributed by atoms with Crippen molar-refractivity contribution in [1.82, 2.24) is 4.98 Å². The Morgan fingerprint density at radius 2 is 2.00 bits per heavy atom. The lowest BCUT2D eigenvalue weighted by atomic mass is 10.1. The summed E-state index contributed by atoms with van der Waals surface area (Å²) in [4.78, 5) is 27.8. The van der Waals surface area contributed by atoms with Crippen LogP contribution in [-0.2, 0) is 4.79 Å². The topological polar surface area (TPSA) is 113 Å². The van der Waals surface area contributed by atoms with Crippen LogP contribution in [-0.4, -0.2) is 27.6 Å². The highest BCUT2D eigenvalue weighted by Gasteiger charge is 2.36. The van der Waals surface area contributed by atoms with Gasteiger partial charge in [-0.3, -0.25) is 14.9 Å². The van der Waals surface area contributed by atoms with E-state index in [1.807, 2.05) is 12.1 Å². The number of nitro benzene ring substituents is 1. The minimum absolute atomic E-state index is 0.0263. The lowest BCUT2D eigenvalue weighted by molar-refractivity contribution is -0.384. The van der Waals surface area contributed by atoms with Gasteiger partial charge in [-0.25, -0.2) is 4.98 Å². The maximum absolute atomic E-state index is 12.8. The molecule has 2 heterocycles. The summed E-state index contributed by atoms with van der Waals surface area (Å²) in [5, 5.41) is 26.8. The number of amides is 1. The second-order valence-electron chi connectivity index (χ2n) is 6.31. The molecule has 4 rings (SSSR count). The number of hydrogen-bond donors (Lipinski definition) is 0. The van der Waals surface area contributed by atoms with Crippen molar-refractivity contribution < 1.29 is 9.72 Å². The van der Waals surface area contributed by atoms with Crippen LogP contribution < -0.4 is 5.01 Å². The number of non-ortho nitro benzene ring substituents is 1. The molecule has 11 heteroatoms. The number of carbonyl (C=O) groups is 1. The Morgan fingerprint density at radius 3 is 2.73 bits per heavy atom. The van der Waals surface area contributed by atoms with E-state index in [4.69, 9.17) is 0 Å². The van der Waals surface area contributed by atoms with Crippen molar-refractivity contribution in [2.24, 2.45) is 15.3 Å². The van der Waals surface area contributed by atoms with E-state index < -0.39 is 11.0 Å². The SMILES string of the molecule is CC1=NN(c2nc(-c3cccc([N+](=O)[O-])c3)cs2)C(=O)C1N=Nc1ccc(Br)cc1. The highest BCUT2D eigenvalue weighted by atomic mass is 79.9. The van der Waals surface area contributed by atoms with Crippen LogP contribution in [0.4, 0.5) is 16.5 Å². The number of halogens is 1. The highest BCUT2D eigenvalue weighted by molar-refractivity contribution is 9.10. The quantitative estimate of drug-likeness (QED) is 0.275. The second-order valence-corrected chi connectivity index (χ2v) is 8.06. The largest absolute Gasteiger partial charge is 0.282 e. The normalized spacial score (nSPS) is 16.3. The minimum Gasteiger partial charge on any atom is -0.269 e. The molecule has 0 aliphatic carbocycles. The third-order valence-electron chi connectivity index (χ3n) is 4.24. The van der Waals surface area contributed by atoms with Crippen molar-refractivity contribution in [3.05, 3.63) is 68.5 Å². The van der Waals surface area contributed by atoms with Gasteiger partial charge in [0.2, 0.25) is 5.13 Å². The number of aromatic nitrogens is 1. The summed E-state index contributed by atoms with van der Waals surface area (Å²) >= 11 is 4.57. The first-order valence-electron chi connectivity index (χ1n) is 8.68. The summed E-state index contributed by atoms with van der Waals surface area (Å²) in [7, 11) is 0. The van der Waals surface area contributed by atoms with E-state index in [1.165, 1.54) is 28.5 Å². The smallest absolute Gasteiger partial charge is 0.269 e. The molecule has 30 heavy (non-hydrogen) atoms. The van der Waals surface area contributed by atoms with Gasteiger partial charge in [0.15, 0.2) is 6.04 Å². The standard InChI is InChI=1S/C19H13BrN6O3S/c1-11-17(23-22-14-7-5-13(20)6-8-14)18(27)25(24-11)19-21-16(10-30-19)12-3-2-4-15(9-12)26(28)29/h2-10,17H,1H3. The van der Waals surface area contributed by atoms with Gasteiger partial charge >= 0.3 is 0 Å². The Morgan fingerprint density at radius 1 is 1.23 bits per heavy atom. The summed E-state index contributed by atoms with van der Waals surface area (Å²) in [5.74, 6) is -0.353. The molecule has 1 unspecified atom stereocenters. The Labute approximate surface area is 183 Å². The van der Waals surface area contributed by atoms with Crippen LogP contribution in [0.1, 0.15) is 6.92 Å². The number of hydrogen-bond acceptors (Lipinski definition) is 8. The Balaban J connectivity index is 1.54. The maximum Gasteiger partial charge on any atom is 0.282 e.